The standard InChI is InChI=1S/C21H22N2O3/c1-21(2,3)17-12-19(24)23-18-11-14(7-10-16(17)18)22-20(25)13-5-8-15(26-4)9-6-13/h5-12H,1-4H3,(H,22,25)(H,23,24). The van der Waals surface area contributed by atoms with Gasteiger partial charge < -0.3 is 15.0 Å². The predicted molar refractivity (Wildman–Crippen MR) is 104 cm³/mol. The molecule has 0 aliphatic rings. The molecular weight excluding hydrogens is 328 g/mol. The summed E-state index contributed by atoms with van der Waals surface area (Å²) in [6.07, 6.45) is 0. The first kappa shape index (κ1) is 17.7. The van der Waals surface area contributed by atoms with E-state index >= 15 is 0 Å². The Morgan fingerprint density at radius 3 is 2.35 bits per heavy atom. The quantitative estimate of drug-likeness (QED) is 0.747. The normalized spacial score (nSPS) is 11.4. The van der Waals surface area contributed by atoms with E-state index < -0.39 is 0 Å². The number of aromatic nitrogens is 1. The number of H-pyrrole nitrogens is 1. The third-order valence-corrected chi connectivity index (χ3v) is 4.26. The van der Waals surface area contributed by atoms with Gasteiger partial charge in [-0.25, -0.2) is 0 Å². The van der Waals surface area contributed by atoms with Crippen molar-refractivity contribution in [2.24, 2.45) is 0 Å². The van der Waals surface area contributed by atoms with E-state index in [1.54, 1.807) is 43.5 Å². The molecule has 5 nitrogen and oxygen atoms in total. The van der Waals surface area contributed by atoms with Gasteiger partial charge in [-0.05, 0) is 47.4 Å². The molecule has 3 aromatic rings. The summed E-state index contributed by atoms with van der Waals surface area (Å²) in [5.41, 5.74) is 2.53. The number of nitrogens with one attached hydrogen (secondary N) is 2. The van der Waals surface area contributed by atoms with Crippen LogP contribution in [0.5, 0.6) is 5.75 Å². The number of hydrogen-bond acceptors (Lipinski definition) is 3. The van der Waals surface area contributed by atoms with Crippen LogP contribution in [0.15, 0.2) is 53.3 Å². The number of aromatic amines is 1. The SMILES string of the molecule is COc1ccc(C(=O)Nc2ccc3c(C(C)(C)C)cc(=O)[nH]c3c2)cc1. The molecule has 0 saturated heterocycles. The first-order valence-corrected chi connectivity index (χ1v) is 8.41. The van der Waals surface area contributed by atoms with Crippen LogP contribution in [0.2, 0.25) is 0 Å². The topological polar surface area (TPSA) is 71.2 Å². The predicted octanol–water partition coefficient (Wildman–Crippen LogP) is 4.09. The smallest absolute Gasteiger partial charge is 0.255 e. The fourth-order valence-electron chi connectivity index (χ4n) is 2.90. The summed E-state index contributed by atoms with van der Waals surface area (Å²) in [6.45, 7) is 6.21. The summed E-state index contributed by atoms with van der Waals surface area (Å²) in [7, 11) is 1.58. The Balaban J connectivity index is 1.94. The number of amides is 1. The minimum atomic E-state index is -0.221. The Labute approximate surface area is 152 Å². The van der Waals surface area contributed by atoms with Crippen molar-refractivity contribution in [3.63, 3.8) is 0 Å². The molecule has 2 N–H and O–H groups in total. The fraction of sp³-hybridized carbons (Fsp3) is 0.238. The van der Waals surface area contributed by atoms with Gasteiger partial charge >= 0.3 is 0 Å². The number of benzene rings is 2. The number of hydrogen-bond donors (Lipinski definition) is 2. The van der Waals surface area contributed by atoms with Crippen LogP contribution in [0.25, 0.3) is 10.9 Å². The van der Waals surface area contributed by atoms with E-state index in [4.69, 9.17) is 4.74 Å². The zero-order valence-electron chi connectivity index (χ0n) is 15.3. The highest BCUT2D eigenvalue weighted by Crippen LogP contribution is 2.29. The molecule has 0 atom stereocenters. The van der Waals surface area contributed by atoms with Gasteiger partial charge in [-0.15, -0.1) is 0 Å². The monoisotopic (exact) mass is 350 g/mol. The number of anilines is 1. The summed E-state index contributed by atoms with van der Waals surface area (Å²) in [4.78, 5) is 27.3. The summed E-state index contributed by atoms with van der Waals surface area (Å²) in [6, 6.07) is 14.1. The van der Waals surface area contributed by atoms with E-state index in [0.717, 1.165) is 10.9 Å². The number of ether oxygens (including phenoxy) is 1. The molecule has 0 aliphatic heterocycles. The first-order valence-electron chi connectivity index (χ1n) is 8.41. The average Bonchev–Trinajstić information content (AvgIpc) is 2.60. The lowest BCUT2D eigenvalue weighted by Crippen LogP contribution is -2.17. The number of pyridine rings is 1. The van der Waals surface area contributed by atoms with Crippen LogP contribution in [0.1, 0.15) is 36.7 Å². The van der Waals surface area contributed by atoms with Gasteiger partial charge in [0.1, 0.15) is 5.75 Å². The largest absolute Gasteiger partial charge is 0.497 e. The highest BCUT2D eigenvalue weighted by Gasteiger charge is 2.18. The maximum atomic E-state index is 12.4. The summed E-state index contributed by atoms with van der Waals surface area (Å²) in [5, 5.41) is 3.84. The molecule has 0 bridgehead atoms. The van der Waals surface area contributed by atoms with E-state index in [1.807, 2.05) is 12.1 Å². The highest BCUT2D eigenvalue weighted by atomic mass is 16.5. The molecule has 0 saturated carbocycles. The molecule has 0 aliphatic carbocycles. The van der Waals surface area contributed by atoms with Crippen molar-refractivity contribution in [3.8, 4) is 5.75 Å². The Hall–Kier alpha value is -3.08. The summed E-state index contributed by atoms with van der Waals surface area (Å²) < 4.78 is 5.10. The molecule has 5 heteroatoms. The lowest BCUT2D eigenvalue weighted by atomic mass is 9.85. The van der Waals surface area contributed by atoms with Crippen molar-refractivity contribution in [1.29, 1.82) is 0 Å². The minimum absolute atomic E-state index is 0.152. The van der Waals surface area contributed by atoms with Crippen LogP contribution in [0, 0.1) is 0 Å². The van der Waals surface area contributed by atoms with E-state index in [1.165, 1.54) is 0 Å². The Kier molecular flexibility index (Phi) is 4.55. The third kappa shape index (κ3) is 3.61. The van der Waals surface area contributed by atoms with Crippen LogP contribution in [-0.2, 0) is 5.41 Å². The van der Waals surface area contributed by atoms with Gasteiger partial charge in [-0.2, -0.15) is 0 Å². The molecular formula is C21H22N2O3. The van der Waals surface area contributed by atoms with E-state index in [0.29, 0.717) is 22.5 Å². The molecule has 0 spiro atoms. The van der Waals surface area contributed by atoms with Crippen molar-refractivity contribution in [2.75, 3.05) is 12.4 Å². The number of carbonyl (C=O) groups is 1. The first-order chi connectivity index (χ1) is 12.3. The molecule has 26 heavy (non-hydrogen) atoms. The highest BCUT2D eigenvalue weighted by molar-refractivity contribution is 6.05. The molecule has 3 rings (SSSR count). The minimum Gasteiger partial charge on any atom is -0.497 e. The third-order valence-electron chi connectivity index (χ3n) is 4.26. The second kappa shape index (κ2) is 6.67. The maximum Gasteiger partial charge on any atom is 0.255 e. The van der Waals surface area contributed by atoms with Gasteiger partial charge in [0.05, 0.1) is 12.6 Å². The second-order valence-electron chi connectivity index (χ2n) is 7.24. The maximum absolute atomic E-state index is 12.4. The van der Waals surface area contributed by atoms with Gasteiger partial charge in [0.25, 0.3) is 5.91 Å². The molecule has 134 valence electrons. The van der Waals surface area contributed by atoms with Crippen molar-refractivity contribution in [3.05, 3.63) is 70.0 Å². The van der Waals surface area contributed by atoms with E-state index in [-0.39, 0.29) is 16.9 Å². The van der Waals surface area contributed by atoms with Gasteiger partial charge in [-0.3, -0.25) is 9.59 Å². The Morgan fingerprint density at radius 1 is 1.04 bits per heavy atom. The molecule has 2 aromatic carbocycles. The molecule has 1 aromatic heterocycles. The van der Waals surface area contributed by atoms with Gasteiger partial charge in [0, 0.05) is 22.7 Å². The van der Waals surface area contributed by atoms with Gasteiger partial charge in [0.2, 0.25) is 5.56 Å². The van der Waals surface area contributed by atoms with Crippen LogP contribution in [0.4, 0.5) is 5.69 Å². The molecule has 0 unspecified atom stereocenters. The zero-order chi connectivity index (χ0) is 18.9. The van der Waals surface area contributed by atoms with Crippen LogP contribution in [0.3, 0.4) is 0 Å². The van der Waals surface area contributed by atoms with Crippen LogP contribution in [-0.4, -0.2) is 18.0 Å². The Bertz CT molecular complexity index is 1010. The molecule has 1 amide bonds. The van der Waals surface area contributed by atoms with Crippen molar-refractivity contribution in [1.82, 2.24) is 4.98 Å². The average molecular weight is 350 g/mol. The van der Waals surface area contributed by atoms with E-state index in [9.17, 15) is 9.59 Å². The van der Waals surface area contributed by atoms with Crippen molar-refractivity contribution in [2.45, 2.75) is 26.2 Å². The summed E-state index contributed by atoms with van der Waals surface area (Å²) >= 11 is 0. The lowest BCUT2D eigenvalue weighted by molar-refractivity contribution is 0.102. The second-order valence-corrected chi connectivity index (χ2v) is 7.24. The molecule has 1 heterocycles. The number of rotatable bonds is 3. The number of methoxy groups -OCH3 is 1. The molecule has 0 radical (unpaired) electrons. The van der Waals surface area contributed by atoms with Crippen molar-refractivity contribution >= 4 is 22.5 Å². The van der Waals surface area contributed by atoms with Gasteiger partial charge in [0.15, 0.2) is 0 Å². The van der Waals surface area contributed by atoms with Crippen LogP contribution >= 0.6 is 0 Å². The molecule has 0 fully saturated rings. The fourth-order valence-corrected chi connectivity index (χ4v) is 2.90. The van der Waals surface area contributed by atoms with Crippen LogP contribution < -0.4 is 15.6 Å². The van der Waals surface area contributed by atoms with E-state index in [2.05, 4.69) is 31.1 Å². The number of fused-ring (bicyclic) bond motifs is 1. The zero-order valence-corrected chi connectivity index (χ0v) is 15.3. The summed E-state index contributed by atoms with van der Waals surface area (Å²) in [5.74, 6) is 0.473. The lowest BCUT2D eigenvalue weighted by Gasteiger charge is -2.21. The van der Waals surface area contributed by atoms with Crippen molar-refractivity contribution < 1.29 is 9.53 Å². The number of carbonyl (C=O) groups excluding carboxylic acids is 1. The Morgan fingerprint density at radius 2 is 1.73 bits per heavy atom. The van der Waals surface area contributed by atoms with Gasteiger partial charge in [-0.1, -0.05) is 26.8 Å².